The summed E-state index contributed by atoms with van der Waals surface area (Å²) in [5.41, 5.74) is 7.35. The van der Waals surface area contributed by atoms with Crippen molar-refractivity contribution in [1.82, 2.24) is 4.90 Å². The second kappa shape index (κ2) is 11.2. The summed E-state index contributed by atoms with van der Waals surface area (Å²) in [4.78, 5) is 39.8. The van der Waals surface area contributed by atoms with E-state index in [1.807, 2.05) is 18.4 Å². The second-order valence-electron chi connectivity index (χ2n) is 8.13. The highest BCUT2D eigenvalue weighted by atomic mass is 35.5. The van der Waals surface area contributed by atoms with Crippen LogP contribution in [-0.4, -0.2) is 52.3 Å². The van der Waals surface area contributed by atoms with E-state index >= 15 is 0 Å². The number of esters is 1. The predicted octanol–water partition coefficient (Wildman–Crippen LogP) is 3.51. The smallest absolute Gasteiger partial charge is 0.328 e. The van der Waals surface area contributed by atoms with Crippen LogP contribution in [0.3, 0.4) is 0 Å². The van der Waals surface area contributed by atoms with Gasteiger partial charge in [0.1, 0.15) is 18.0 Å². The minimum atomic E-state index is -0.674. The number of ether oxygens (including phenoxy) is 1. The molecule has 2 aromatic rings. The molecule has 2 aliphatic heterocycles. The number of nitrogens with zero attached hydrogens (tertiary/aromatic N) is 3. The van der Waals surface area contributed by atoms with E-state index in [4.69, 9.17) is 10.5 Å². The van der Waals surface area contributed by atoms with Crippen LogP contribution in [0.2, 0.25) is 0 Å². The number of amides is 1. The van der Waals surface area contributed by atoms with E-state index in [0.29, 0.717) is 17.9 Å². The maximum absolute atomic E-state index is 13.2. The van der Waals surface area contributed by atoms with Crippen LogP contribution in [0.15, 0.2) is 48.5 Å². The Bertz CT molecular complexity index is 1040. The molecule has 0 radical (unpaired) electrons. The zero-order chi connectivity index (χ0) is 23.5. The lowest BCUT2D eigenvalue weighted by atomic mass is 10.1. The summed E-state index contributed by atoms with van der Waals surface area (Å²) in [6.07, 6.45) is 3.88. The highest BCUT2D eigenvalue weighted by Crippen LogP contribution is 2.42. The van der Waals surface area contributed by atoms with Crippen molar-refractivity contribution >= 4 is 47.4 Å². The number of anilines is 1. The van der Waals surface area contributed by atoms with Crippen molar-refractivity contribution in [3.8, 4) is 5.75 Å². The van der Waals surface area contributed by atoms with Gasteiger partial charge in [-0.05, 0) is 61.1 Å². The van der Waals surface area contributed by atoms with E-state index in [9.17, 15) is 19.7 Å². The molecule has 0 aliphatic carbocycles. The average Bonchev–Trinajstić information content (AvgIpc) is 3.40. The van der Waals surface area contributed by atoms with Gasteiger partial charge in [-0.25, -0.2) is 4.79 Å². The van der Waals surface area contributed by atoms with Crippen LogP contribution in [0.5, 0.6) is 5.75 Å². The fourth-order valence-electron chi connectivity index (χ4n) is 4.38. The molecule has 1 amide bonds. The SMILES string of the molecule is CSCC[C@H](N)C(=O)Oc1ccc([C@H]2N(c3ccc([N+](=O)[O-])cc3)C(=O)[C@@H]3CCCN32)cc1.Cl. The van der Waals surface area contributed by atoms with E-state index in [-0.39, 0.29) is 36.2 Å². The van der Waals surface area contributed by atoms with Gasteiger partial charge in [-0.1, -0.05) is 12.1 Å². The quantitative estimate of drug-likeness (QED) is 0.250. The number of rotatable bonds is 8. The molecule has 2 aromatic carbocycles. The number of nitro benzene ring substituents is 1. The Morgan fingerprint density at radius 1 is 1.24 bits per heavy atom. The summed E-state index contributed by atoms with van der Waals surface area (Å²) in [7, 11) is 0. The number of carbonyl (C=O) groups is 2. The van der Waals surface area contributed by atoms with E-state index < -0.39 is 16.9 Å². The number of hydrogen-bond acceptors (Lipinski definition) is 8. The predicted molar refractivity (Wildman–Crippen MR) is 133 cm³/mol. The van der Waals surface area contributed by atoms with Gasteiger partial charge in [-0.2, -0.15) is 11.8 Å². The lowest BCUT2D eigenvalue weighted by Crippen LogP contribution is -2.34. The van der Waals surface area contributed by atoms with Gasteiger partial charge in [-0.3, -0.25) is 24.7 Å². The third-order valence-electron chi connectivity index (χ3n) is 6.05. The summed E-state index contributed by atoms with van der Waals surface area (Å²) in [5.74, 6) is 0.689. The van der Waals surface area contributed by atoms with Crippen molar-refractivity contribution in [3.63, 3.8) is 0 Å². The third-order valence-corrected chi connectivity index (χ3v) is 6.69. The molecule has 0 spiro atoms. The van der Waals surface area contributed by atoms with Crippen molar-refractivity contribution in [3.05, 3.63) is 64.2 Å². The molecule has 11 heteroatoms. The second-order valence-corrected chi connectivity index (χ2v) is 9.11. The first-order valence-electron chi connectivity index (χ1n) is 10.8. The molecule has 3 atom stereocenters. The summed E-state index contributed by atoms with van der Waals surface area (Å²) in [6, 6.07) is 12.2. The van der Waals surface area contributed by atoms with Gasteiger partial charge in [0.2, 0.25) is 5.91 Å². The summed E-state index contributed by atoms with van der Waals surface area (Å²) in [6.45, 7) is 0.783. The molecule has 2 fully saturated rings. The average molecular weight is 507 g/mol. The van der Waals surface area contributed by atoms with Crippen LogP contribution in [-0.2, 0) is 9.59 Å². The van der Waals surface area contributed by atoms with Gasteiger partial charge in [0.25, 0.3) is 5.69 Å². The van der Waals surface area contributed by atoms with Gasteiger partial charge in [0, 0.05) is 24.4 Å². The first kappa shape index (κ1) is 26.0. The first-order valence-corrected chi connectivity index (χ1v) is 12.2. The zero-order valence-electron chi connectivity index (χ0n) is 18.7. The molecule has 0 bridgehead atoms. The zero-order valence-corrected chi connectivity index (χ0v) is 20.3. The molecule has 4 rings (SSSR count). The lowest BCUT2D eigenvalue weighted by Gasteiger charge is -2.29. The number of nitrogens with two attached hydrogens (primary N) is 1. The maximum Gasteiger partial charge on any atom is 0.328 e. The minimum Gasteiger partial charge on any atom is -0.425 e. The number of halogens is 1. The van der Waals surface area contributed by atoms with Crippen molar-refractivity contribution in [2.75, 3.05) is 23.5 Å². The number of fused-ring (bicyclic) bond motifs is 1. The molecule has 2 saturated heterocycles. The van der Waals surface area contributed by atoms with Crippen LogP contribution >= 0.6 is 24.2 Å². The highest BCUT2D eigenvalue weighted by molar-refractivity contribution is 7.98. The largest absolute Gasteiger partial charge is 0.425 e. The number of hydrogen-bond donors (Lipinski definition) is 1. The molecule has 2 aliphatic rings. The Labute approximate surface area is 208 Å². The molecule has 2 heterocycles. The van der Waals surface area contributed by atoms with Crippen LogP contribution in [0.4, 0.5) is 11.4 Å². The molecule has 0 unspecified atom stereocenters. The molecule has 2 N–H and O–H groups in total. The summed E-state index contributed by atoms with van der Waals surface area (Å²) >= 11 is 1.62. The number of non-ortho nitro benzene ring substituents is 1. The van der Waals surface area contributed by atoms with Gasteiger partial charge >= 0.3 is 5.97 Å². The Hall–Kier alpha value is -2.66. The van der Waals surface area contributed by atoms with Crippen molar-refractivity contribution in [1.29, 1.82) is 0 Å². The minimum absolute atomic E-state index is 0. The van der Waals surface area contributed by atoms with Crippen LogP contribution in [0.25, 0.3) is 0 Å². The molecular weight excluding hydrogens is 480 g/mol. The van der Waals surface area contributed by atoms with Gasteiger partial charge < -0.3 is 10.5 Å². The van der Waals surface area contributed by atoms with Crippen LogP contribution in [0, 0.1) is 10.1 Å². The Balaban J connectivity index is 0.00000324. The Kier molecular flexibility index (Phi) is 8.53. The maximum atomic E-state index is 13.2. The topological polar surface area (TPSA) is 119 Å². The van der Waals surface area contributed by atoms with Crippen molar-refractivity contribution in [2.45, 2.75) is 37.5 Å². The summed E-state index contributed by atoms with van der Waals surface area (Å²) < 4.78 is 5.41. The number of nitro groups is 1. The van der Waals surface area contributed by atoms with Crippen molar-refractivity contribution < 1.29 is 19.2 Å². The van der Waals surface area contributed by atoms with Crippen LogP contribution in [0.1, 0.15) is 31.0 Å². The van der Waals surface area contributed by atoms with Crippen LogP contribution < -0.4 is 15.4 Å². The molecule has 34 heavy (non-hydrogen) atoms. The Morgan fingerprint density at radius 2 is 1.91 bits per heavy atom. The number of carbonyl (C=O) groups excluding carboxylic acids is 2. The third kappa shape index (κ3) is 5.20. The monoisotopic (exact) mass is 506 g/mol. The molecule has 0 aromatic heterocycles. The first-order chi connectivity index (χ1) is 15.9. The fraction of sp³-hybridized carbons (Fsp3) is 0.391. The molecule has 0 saturated carbocycles. The summed E-state index contributed by atoms with van der Waals surface area (Å²) in [5, 5.41) is 11.0. The van der Waals surface area contributed by atoms with Gasteiger partial charge in [0.15, 0.2) is 0 Å². The van der Waals surface area contributed by atoms with Gasteiger partial charge in [0.05, 0.1) is 11.0 Å². The van der Waals surface area contributed by atoms with E-state index in [0.717, 1.165) is 30.7 Å². The number of thioether (sulfide) groups is 1. The van der Waals surface area contributed by atoms with E-state index in [1.165, 1.54) is 12.1 Å². The molecule has 9 nitrogen and oxygen atoms in total. The fourth-order valence-corrected chi connectivity index (χ4v) is 4.87. The molecular formula is C23H27ClN4O5S. The Morgan fingerprint density at radius 3 is 2.53 bits per heavy atom. The van der Waals surface area contributed by atoms with Gasteiger partial charge in [-0.15, -0.1) is 12.4 Å². The number of benzene rings is 2. The van der Waals surface area contributed by atoms with E-state index in [2.05, 4.69) is 4.90 Å². The van der Waals surface area contributed by atoms with Crippen molar-refractivity contribution in [2.24, 2.45) is 5.73 Å². The normalized spacial score (nSPS) is 20.5. The van der Waals surface area contributed by atoms with E-state index in [1.54, 1.807) is 40.9 Å². The standard InChI is InChI=1S/C23H26N4O5S.ClH/c1-33-14-12-19(24)23(29)32-18-10-4-15(5-11-18)21-25-13-2-3-20(25)22(28)26(21)16-6-8-17(9-7-16)27(30)31;/h4-11,19-21H,2-3,12-14,24H2,1H3;1H/t19-,20-,21+;/m0./s1. The molecule has 182 valence electrons. The highest BCUT2D eigenvalue weighted by Gasteiger charge is 2.49. The lowest BCUT2D eigenvalue weighted by molar-refractivity contribution is -0.384.